The zero-order chi connectivity index (χ0) is 21.8. The lowest BCUT2D eigenvalue weighted by molar-refractivity contribution is 0.479. The molecule has 1 heterocycles. The molecule has 0 aromatic heterocycles. The van der Waals surface area contributed by atoms with Crippen LogP contribution in [0.4, 0.5) is 0 Å². The highest BCUT2D eigenvalue weighted by molar-refractivity contribution is 7.86. The van der Waals surface area contributed by atoms with Crippen LogP contribution in [0.15, 0.2) is 24.5 Å². The Hall–Kier alpha value is -2.61. The third kappa shape index (κ3) is 3.57. The fourth-order valence-electron chi connectivity index (χ4n) is 3.50. The summed E-state index contributed by atoms with van der Waals surface area (Å²) in [6.07, 6.45) is 0.969. The van der Waals surface area contributed by atoms with E-state index in [0.717, 1.165) is 6.26 Å². The molecule has 29 heavy (non-hydrogen) atoms. The molecule has 3 rings (SSSR count). The Kier molecular flexibility index (Phi) is 5.11. The molecule has 0 atom stereocenters. The van der Waals surface area contributed by atoms with Crippen LogP contribution in [0, 0.1) is 13.8 Å². The minimum absolute atomic E-state index is 0.148. The van der Waals surface area contributed by atoms with Gasteiger partial charge in [0.25, 0.3) is 0 Å². The lowest BCUT2D eigenvalue weighted by atomic mass is 9.95. The fourth-order valence-corrected chi connectivity index (χ4v) is 3.97. The first-order chi connectivity index (χ1) is 13.3. The number of benzene rings is 2. The van der Waals surface area contributed by atoms with Crippen molar-refractivity contribution in [3.8, 4) is 17.3 Å². The molecule has 1 aromatic rings. The zero-order valence-electron chi connectivity index (χ0n) is 17.5. The van der Waals surface area contributed by atoms with Gasteiger partial charge in [0.05, 0.1) is 11.8 Å². The first kappa shape index (κ1) is 21.1. The second-order valence-electron chi connectivity index (χ2n) is 7.92. The summed E-state index contributed by atoms with van der Waals surface area (Å²) < 4.78 is 40.9. The molecule has 8 heteroatoms. The topological polar surface area (TPSA) is 104 Å². The van der Waals surface area contributed by atoms with E-state index in [2.05, 4.69) is 0 Å². The number of fused-ring (bicyclic) bond motifs is 2. The van der Waals surface area contributed by atoms with Crippen molar-refractivity contribution in [3.05, 3.63) is 48.8 Å². The standard InChI is InChI=1S/C21H24O7S/c1-9(2)14-13(28-29(7,24)25)8-11(5)18-20(14)27-19-12(6)16(22)17(23)15(10(3)4)21(19)26-18/h8-10H,1-7H3. The summed E-state index contributed by atoms with van der Waals surface area (Å²) in [6.45, 7) is 10.6. The molecule has 0 saturated carbocycles. The SMILES string of the molecule is Cc1c2oc3c(C(C)C)c(OS(C)(=O)=O)cc(C)c3oc-2c(C(C)C)c(=O)c1=O. The van der Waals surface area contributed by atoms with Crippen LogP contribution in [0.1, 0.15) is 61.8 Å². The minimum Gasteiger partial charge on any atom is -0.449 e. The van der Waals surface area contributed by atoms with E-state index in [9.17, 15) is 18.0 Å². The Bertz CT molecular complexity index is 1310. The van der Waals surface area contributed by atoms with E-state index in [-0.39, 0.29) is 40.2 Å². The van der Waals surface area contributed by atoms with Crippen molar-refractivity contribution in [2.24, 2.45) is 0 Å². The van der Waals surface area contributed by atoms with Crippen LogP contribution < -0.4 is 15.0 Å². The lowest BCUT2D eigenvalue weighted by Crippen LogP contribution is -2.31. The van der Waals surface area contributed by atoms with E-state index >= 15 is 0 Å². The molecule has 2 aliphatic rings. The molecule has 1 aromatic carbocycles. The van der Waals surface area contributed by atoms with Crippen molar-refractivity contribution >= 4 is 21.3 Å². The summed E-state index contributed by atoms with van der Waals surface area (Å²) in [5.74, 6) is 0.164. The number of hydrogen-bond acceptors (Lipinski definition) is 7. The predicted octanol–water partition coefficient (Wildman–Crippen LogP) is 4.05. The maximum absolute atomic E-state index is 12.6. The van der Waals surface area contributed by atoms with E-state index in [1.807, 2.05) is 13.8 Å². The van der Waals surface area contributed by atoms with Gasteiger partial charge in [-0.1, -0.05) is 27.7 Å². The molecule has 7 nitrogen and oxygen atoms in total. The first-order valence-electron chi connectivity index (χ1n) is 9.30. The van der Waals surface area contributed by atoms with Crippen molar-refractivity contribution in [2.75, 3.05) is 6.26 Å². The summed E-state index contributed by atoms with van der Waals surface area (Å²) in [7, 11) is -3.76. The van der Waals surface area contributed by atoms with Gasteiger partial charge < -0.3 is 13.0 Å². The van der Waals surface area contributed by atoms with Crippen molar-refractivity contribution in [3.63, 3.8) is 0 Å². The van der Waals surface area contributed by atoms with Gasteiger partial charge in [-0.15, -0.1) is 0 Å². The molecule has 1 aliphatic heterocycles. The van der Waals surface area contributed by atoms with Gasteiger partial charge in [-0.3, -0.25) is 9.59 Å². The van der Waals surface area contributed by atoms with Gasteiger partial charge in [-0.25, -0.2) is 0 Å². The molecule has 156 valence electrons. The molecule has 0 unspecified atom stereocenters. The summed E-state index contributed by atoms with van der Waals surface area (Å²) in [5.41, 5.74) is 0.951. The van der Waals surface area contributed by atoms with Gasteiger partial charge in [0.1, 0.15) is 5.75 Å². The average molecular weight is 420 g/mol. The van der Waals surface area contributed by atoms with Gasteiger partial charge in [-0.05, 0) is 37.3 Å². The highest BCUT2D eigenvalue weighted by Crippen LogP contribution is 2.41. The second kappa shape index (κ2) is 7.02. The molecule has 0 N–H and O–H groups in total. The molecule has 0 amide bonds. The molecule has 0 radical (unpaired) electrons. The monoisotopic (exact) mass is 420 g/mol. The molecular weight excluding hydrogens is 396 g/mol. The number of rotatable bonds is 4. The van der Waals surface area contributed by atoms with Gasteiger partial charge in [0.2, 0.25) is 10.9 Å². The molecular formula is C21H24O7S. The minimum atomic E-state index is -3.76. The predicted molar refractivity (Wildman–Crippen MR) is 111 cm³/mol. The van der Waals surface area contributed by atoms with E-state index < -0.39 is 21.0 Å². The van der Waals surface area contributed by atoms with E-state index in [0.29, 0.717) is 22.3 Å². The van der Waals surface area contributed by atoms with E-state index in [1.165, 1.54) is 6.92 Å². The fraction of sp³-hybridized carbons (Fsp3) is 0.429. The molecule has 0 bridgehead atoms. The Balaban J connectivity index is 2.58. The maximum atomic E-state index is 12.6. The zero-order valence-corrected chi connectivity index (χ0v) is 18.3. The van der Waals surface area contributed by atoms with Crippen LogP contribution in [-0.2, 0) is 10.1 Å². The summed E-state index contributed by atoms with van der Waals surface area (Å²) >= 11 is 0. The van der Waals surface area contributed by atoms with Crippen LogP contribution in [0.3, 0.4) is 0 Å². The van der Waals surface area contributed by atoms with Gasteiger partial charge in [0, 0.05) is 11.1 Å². The van der Waals surface area contributed by atoms with E-state index in [4.69, 9.17) is 13.0 Å². The van der Waals surface area contributed by atoms with Crippen molar-refractivity contribution in [2.45, 2.75) is 53.4 Å². The largest absolute Gasteiger partial charge is 0.449 e. The maximum Gasteiger partial charge on any atom is 0.306 e. The van der Waals surface area contributed by atoms with Gasteiger partial charge in [0.15, 0.2) is 22.7 Å². The third-order valence-electron chi connectivity index (χ3n) is 4.81. The quantitative estimate of drug-likeness (QED) is 0.356. The van der Waals surface area contributed by atoms with Crippen molar-refractivity contribution in [1.82, 2.24) is 0 Å². The number of hydrogen-bond donors (Lipinski definition) is 0. The number of aryl methyl sites for hydroxylation is 1. The van der Waals surface area contributed by atoms with Crippen molar-refractivity contribution < 1.29 is 21.4 Å². The Morgan fingerprint density at radius 2 is 1.41 bits per heavy atom. The summed E-state index contributed by atoms with van der Waals surface area (Å²) in [4.78, 5) is 25.0. The van der Waals surface area contributed by atoms with Gasteiger partial charge in [-0.2, -0.15) is 8.42 Å². The average Bonchev–Trinajstić information content (AvgIpc) is 2.57. The smallest absolute Gasteiger partial charge is 0.306 e. The summed E-state index contributed by atoms with van der Waals surface area (Å²) in [6, 6.07) is 1.57. The Morgan fingerprint density at radius 3 is 1.93 bits per heavy atom. The molecule has 0 spiro atoms. The Morgan fingerprint density at radius 1 is 0.862 bits per heavy atom. The Labute approximate surface area is 168 Å². The normalized spacial score (nSPS) is 12.4. The highest BCUT2D eigenvalue weighted by atomic mass is 32.2. The third-order valence-corrected chi connectivity index (χ3v) is 5.29. The first-order valence-corrected chi connectivity index (χ1v) is 11.1. The van der Waals surface area contributed by atoms with Crippen LogP contribution in [0.2, 0.25) is 0 Å². The van der Waals surface area contributed by atoms with Gasteiger partial charge >= 0.3 is 10.1 Å². The lowest BCUT2D eigenvalue weighted by Gasteiger charge is -2.19. The highest BCUT2D eigenvalue weighted by Gasteiger charge is 2.29. The molecule has 0 saturated heterocycles. The van der Waals surface area contributed by atoms with Crippen LogP contribution >= 0.6 is 0 Å². The van der Waals surface area contributed by atoms with Crippen LogP contribution in [-0.4, -0.2) is 14.7 Å². The second-order valence-corrected chi connectivity index (χ2v) is 9.49. The summed E-state index contributed by atoms with van der Waals surface area (Å²) in [5, 5.41) is 0. The van der Waals surface area contributed by atoms with Crippen LogP contribution in [0.5, 0.6) is 5.75 Å². The van der Waals surface area contributed by atoms with Crippen LogP contribution in [0.25, 0.3) is 22.7 Å². The van der Waals surface area contributed by atoms with E-state index in [1.54, 1.807) is 26.8 Å². The van der Waals surface area contributed by atoms with Crippen molar-refractivity contribution in [1.29, 1.82) is 0 Å². The molecule has 0 fully saturated rings. The molecule has 1 aliphatic carbocycles.